The van der Waals surface area contributed by atoms with E-state index in [-0.39, 0.29) is 5.97 Å². The third kappa shape index (κ3) is 9.19. The fourth-order valence-electron chi connectivity index (χ4n) is 0.903. The SMILES string of the molecule is CN(C)CCC(=O)OCCCCC=O. The smallest absolute Gasteiger partial charge is 0.307 e. The predicted molar refractivity (Wildman–Crippen MR) is 54.0 cm³/mol. The van der Waals surface area contributed by atoms with Gasteiger partial charge in [0, 0.05) is 13.0 Å². The molecule has 0 bridgehead atoms. The van der Waals surface area contributed by atoms with E-state index in [4.69, 9.17) is 4.74 Å². The van der Waals surface area contributed by atoms with Gasteiger partial charge in [-0.05, 0) is 26.9 Å². The van der Waals surface area contributed by atoms with Crippen LogP contribution in [0.4, 0.5) is 0 Å². The minimum Gasteiger partial charge on any atom is -0.466 e. The molecular weight excluding hydrogens is 182 g/mol. The van der Waals surface area contributed by atoms with Crippen molar-refractivity contribution < 1.29 is 14.3 Å². The molecular formula is C10H19NO3. The van der Waals surface area contributed by atoms with Gasteiger partial charge >= 0.3 is 5.97 Å². The minimum atomic E-state index is -0.162. The lowest BCUT2D eigenvalue weighted by molar-refractivity contribution is -0.144. The Morgan fingerprint density at radius 3 is 2.64 bits per heavy atom. The van der Waals surface area contributed by atoms with Crippen molar-refractivity contribution >= 4 is 12.3 Å². The van der Waals surface area contributed by atoms with Crippen molar-refractivity contribution in [1.82, 2.24) is 4.90 Å². The van der Waals surface area contributed by atoms with Crippen LogP contribution in [0, 0.1) is 0 Å². The highest BCUT2D eigenvalue weighted by molar-refractivity contribution is 5.69. The van der Waals surface area contributed by atoms with Crippen LogP contribution < -0.4 is 0 Å². The molecule has 4 nitrogen and oxygen atoms in total. The molecule has 82 valence electrons. The Hall–Kier alpha value is -0.900. The molecule has 14 heavy (non-hydrogen) atoms. The number of esters is 1. The molecule has 4 heteroatoms. The highest BCUT2D eigenvalue weighted by Crippen LogP contribution is 1.95. The first kappa shape index (κ1) is 13.1. The second-order valence-corrected chi connectivity index (χ2v) is 3.44. The van der Waals surface area contributed by atoms with Gasteiger partial charge in [0.05, 0.1) is 13.0 Å². The van der Waals surface area contributed by atoms with E-state index in [1.54, 1.807) is 0 Å². The van der Waals surface area contributed by atoms with E-state index >= 15 is 0 Å². The number of unbranched alkanes of at least 4 members (excludes halogenated alkanes) is 2. The van der Waals surface area contributed by atoms with Gasteiger partial charge in [-0.15, -0.1) is 0 Å². The standard InChI is InChI=1S/C10H19NO3/c1-11(2)7-6-10(13)14-9-5-3-4-8-12/h8H,3-7,9H2,1-2H3. The molecule has 0 atom stereocenters. The Morgan fingerprint density at radius 2 is 2.07 bits per heavy atom. The Balaban J connectivity index is 3.22. The zero-order valence-corrected chi connectivity index (χ0v) is 8.99. The quantitative estimate of drug-likeness (QED) is 0.332. The summed E-state index contributed by atoms with van der Waals surface area (Å²) in [6.07, 6.45) is 3.43. The lowest BCUT2D eigenvalue weighted by Crippen LogP contribution is -2.18. The van der Waals surface area contributed by atoms with Crippen LogP contribution in [-0.4, -0.2) is 44.4 Å². The molecule has 0 aliphatic rings. The fraction of sp³-hybridized carbons (Fsp3) is 0.800. The zero-order chi connectivity index (χ0) is 10.8. The van der Waals surface area contributed by atoms with Crippen LogP contribution in [-0.2, 0) is 14.3 Å². The average molecular weight is 201 g/mol. The highest BCUT2D eigenvalue weighted by atomic mass is 16.5. The molecule has 0 saturated heterocycles. The highest BCUT2D eigenvalue weighted by Gasteiger charge is 2.02. The molecule has 0 aliphatic heterocycles. The number of hydrogen-bond acceptors (Lipinski definition) is 4. The first-order valence-electron chi connectivity index (χ1n) is 4.91. The number of carbonyl (C=O) groups is 2. The molecule has 0 saturated carbocycles. The van der Waals surface area contributed by atoms with Crippen molar-refractivity contribution in [2.75, 3.05) is 27.2 Å². The Bertz CT molecular complexity index is 169. The molecule has 0 aromatic heterocycles. The van der Waals surface area contributed by atoms with Crippen LogP contribution in [0.2, 0.25) is 0 Å². The molecule has 0 spiro atoms. The lowest BCUT2D eigenvalue weighted by atomic mass is 10.3. The van der Waals surface area contributed by atoms with E-state index in [0.717, 1.165) is 19.1 Å². The van der Waals surface area contributed by atoms with Crippen molar-refractivity contribution in [3.8, 4) is 0 Å². The summed E-state index contributed by atoms with van der Waals surface area (Å²) in [4.78, 5) is 23.0. The molecule has 0 aliphatic carbocycles. The van der Waals surface area contributed by atoms with Crippen LogP contribution in [0.1, 0.15) is 25.7 Å². The number of rotatable bonds is 8. The maximum Gasteiger partial charge on any atom is 0.307 e. The van der Waals surface area contributed by atoms with E-state index in [2.05, 4.69) is 0 Å². The van der Waals surface area contributed by atoms with Gasteiger partial charge in [-0.25, -0.2) is 0 Å². The topological polar surface area (TPSA) is 46.6 Å². The zero-order valence-electron chi connectivity index (χ0n) is 8.99. The maximum absolute atomic E-state index is 11.1. The Morgan fingerprint density at radius 1 is 1.36 bits per heavy atom. The van der Waals surface area contributed by atoms with E-state index in [1.807, 2.05) is 19.0 Å². The van der Waals surface area contributed by atoms with Crippen molar-refractivity contribution in [2.24, 2.45) is 0 Å². The average Bonchev–Trinajstić information content (AvgIpc) is 2.14. The maximum atomic E-state index is 11.1. The van der Waals surface area contributed by atoms with Gasteiger partial charge in [-0.3, -0.25) is 4.79 Å². The van der Waals surface area contributed by atoms with Gasteiger partial charge < -0.3 is 14.4 Å². The summed E-state index contributed by atoms with van der Waals surface area (Å²) < 4.78 is 4.96. The van der Waals surface area contributed by atoms with E-state index in [1.165, 1.54) is 0 Å². The van der Waals surface area contributed by atoms with E-state index in [0.29, 0.717) is 26.0 Å². The third-order valence-electron chi connectivity index (χ3n) is 1.74. The van der Waals surface area contributed by atoms with Gasteiger partial charge in [0.25, 0.3) is 0 Å². The Labute approximate surface area is 85.2 Å². The number of aldehydes is 1. The lowest BCUT2D eigenvalue weighted by Gasteiger charge is -2.08. The molecule has 0 rings (SSSR count). The molecule has 0 unspecified atom stereocenters. The van der Waals surface area contributed by atoms with Crippen LogP contribution >= 0.6 is 0 Å². The molecule has 0 fully saturated rings. The van der Waals surface area contributed by atoms with E-state index < -0.39 is 0 Å². The fourth-order valence-corrected chi connectivity index (χ4v) is 0.903. The second kappa shape index (κ2) is 8.69. The van der Waals surface area contributed by atoms with Crippen LogP contribution in [0.25, 0.3) is 0 Å². The van der Waals surface area contributed by atoms with Gasteiger partial charge in [0.2, 0.25) is 0 Å². The summed E-state index contributed by atoms with van der Waals surface area (Å²) in [6, 6.07) is 0. The largest absolute Gasteiger partial charge is 0.466 e. The molecule has 0 heterocycles. The summed E-state index contributed by atoms with van der Waals surface area (Å²) in [5.74, 6) is -0.162. The summed E-state index contributed by atoms with van der Waals surface area (Å²) in [7, 11) is 3.83. The number of nitrogens with zero attached hydrogens (tertiary/aromatic N) is 1. The van der Waals surface area contributed by atoms with Crippen molar-refractivity contribution in [3.63, 3.8) is 0 Å². The summed E-state index contributed by atoms with van der Waals surface area (Å²) in [5.41, 5.74) is 0. The van der Waals surface area contributed by atoms with Gasteiger partial charge in [-0.1, -0.05) is 0 Å². The van der Waals surface area contributed by atoms with Gasteiger partial charge in [0.15, 0.2) is 0 Å². The van der Waals surface area contributed by atoms with Crippen molar-refractivity contribution in [2.45, 2.75) is 25.7 Å². The number of carbonyl (C=O) groups excluding carboxylic acids is 2. The third-order valence-corrected chi connectivity index (χ3v) is 1.74. The van der Waals surface area contributed by atoms with Crippen molar-refractivity contribution in [3.05, 3.63) is 0 Å². The monoisotopic (exact) mass is 201 g/mol. The van der Waals surface area contributed by atoms with Gasteiger partial charge in [-0.2, -0.15) is 0 Å². The number of ether oxygens (including phenoxy) is 1. The van der Waals surface area contributed by atoms with Gasteiger partial charge in [0.1, 0.15) is 6.29 Å². The first-order chi connectivity index (χ1) is 6.66. The number of hydrogen-bond donors (Lipinski definition) is 0. The molecule has 0 amide bonds. The molecule has 0 aromatic carbocycles. The van der Waals surface area contributed by atoms with Crippen LogP contribution in [0.15, 0.2) is 0 Å². The molecule has 0 radical (unpaired) electrons. The van der Waals surface area contributed by atoms with Crippen molar-refractivity contribution in [1.29, 1.82) is 0 Å². The van der Waals surface area contributed by atoms with Crippen LogP contribution in [0.5, 0.6) is 0 Å². The summed E-state index contributed by atoms with van der Waals surface area (Å²) in [6.45, 7) is 1.15. The molecule has 0 N–H and O–H groups in total. The predicted octanol–water partition coefficient (Wildman–Crippen LogP) is 0.850. The summed E-state index contributed by atoms with van der Waals surface area (Å²) >= 11 is 0. The normalized spacial score (nSPS) is 10.2. The Kier molecular flexibility index (Phi) is 8.13. The minimum absolute atomic E-state index is 0.162. The first-order valence-corrected chi connectivity index (χ1v) is 4.91. The second-order valence-electron chi connectivity index (χ2n) is 3.44. The summed E-state index contributed by atoms with van der Waals surface area (Å²) in [5, 5.41) is 0. The molecule has 0 aromatic rings. The van der Waals surface area contributed by atoms with E-state index in [9.17, 15) is 9.59 Å². The van der Waals surface area contributed by atoms with Crippen LogP contribution in [0.3, 0.4) is 0 Å².